The molecule has 98 valence electrons. The van der Waals surface area contributed by atoms with Gasteiger partial charge in [-0.1, -0.05) is 58.9 Å². The van der Waals surface area contributed by atoms with E-state index in [0.29, 0.717) is 5.92 Å². The Morgan fingerprint density at radius 2 is 1.56 bits per heavy atom. The monoisotopic (exact) mass is 246 g/mol. The summed E-state index contributed by atoms with van der Waals surface area (Å²) < 4.78 is 0. The van der Waals surface area contributed by atoms with E-state index in [4.69, 9.17) is 0 Å². The molecule has 0 N–H and O–H groups in total. The normalized spacial score (nSPS) is 11.7. The van der Waals surface area contributed by atoms with Crippen LogP contribution in [0.4, 0.5) is 0 Å². The molecule has 0 spiro atoms. The quantitative estimate of drug-likeness (QED) is 0.761. The number of rotatable bonds is 4. The lowest BCUT2D eigenvalue weighted by Gasteiger charge is -2.15. The lowest BCUT2D eigenvalue weighted by atomic mass is 9.86. The summed E-state index contributed by atoms with van der Waals surface area (Å²) in [5, 5.41) is 0. The Morgan fingerprint density at radius 3 is 1.94 bits per heavy atom. The fraction of sp³-hybridized carbons (Fsp3) is 0.500. The molecular formula is C16H22O2. The third kappa shape index (κ3) is 3.80. The second-order valence-electron chi connectivity index (χ2n) is 6.08. The van der Waals surface area contributed by atoms with Crippen LogP contribution in [0.2, 0.25) is 0 Å². The van der Waals surface area contributed by atoms with Crippen LogP contribution in [0.5, 0.6) is 0 Å². The number of carbonyl (C=O) groups excluding carboxylic acids is 2. The SMILES string of the molecule is CC(C)c1ccc(CC(=O)C(=O)C(C)(C)C)cc1. The fourth-order valence-electron chi connectivity index (χ4n) is 1.70. The summed E-state index contributed by atoms with van der Waals surface area (Å²) in [7, 11) is 0. The van der Waals surface area contributed by atoms with Gasteiger partial charge in [0.05, 0.1) is 0 Å². The van der Waals surface area contributed by atoms with Crippen molar-refractivity contribution in [1.82, 2.24) is 0 Å². The van der Waals surface area contributed by atoms with E-state index in [-0.39, 0.29) is 18.0 Å². The van der Waals surface area contributed by atoms with Crippen molar-refractivity contribution >= 4 is 11.6 Å². The fourth-order valence-corrected chi connectivity index (χ4v) is 1.70. The van der Waals surface area contributed by atoms with Crippen molar-refractivity contribution in [3.8, 4) is 0 Å². The van der Waals surface area contributed by atoms with Crippen LogP contribution in [-0.4, -0.2) is 11.6 Å². The Labute approximate surface area is 109 Å². The van der Waals surface area contributed by atoms with E-state index >= 15 is 0 Å². The molecule has 0 radical (unpaired) electrons. The zero-order valence-electron chi connectivity index (χ0n) is 11.9. The first-order valence-corrected chi connectivity index (χ1v) is 6.38. The summed E-state index contributed by atoms with van der Waals surface area (Å²) in [6.45, 7) is 9.58. The van der Waals surface area contributed by atoms with Crippen molar-refractivity contribution in [3.63, 3.8) is 0 Å². The van der Waals surface area contributed by atoms with Crippen LogP contribution in [0, 0.1) is 5.41 Å². The number of benzene rings is 1. The third-order valence-corrected chi connectivity index (χ3v) is 2.95. The van der Waals surface area contributed by atoms with Gasteiger partial charge in [0.2, 0.25) is 11.6 Å². The van der Waals surface area contributed by atoms with Gasteiger partial charge in [0.15, 0.2) is 0 Å². The molecule has 0 atom stereocenters. The van der Waals surface area contributed by atoms with Gasteiger partial charge in [-0.2, -0.15) is 0 Å². The topological polar surface area (TPSA) is 34.1 Å². The second kappa shape index (κ2) is 5.47. The van der Waals surface area contributed by atoms with E-state index in [1.54, 1.807) is 20.8 Å². The molecule has 2 nitrogen and oxygen atoms in total. The Balaban J connectivity index is 2.74. The number of hydrogen-bond donors (Lipinski definition) is 0. The molecule has 0 unspecified atom stereocenters. The van der Waals surface area contributed by atoms with Crippen LogP contribution < -0.4 is 0 Å². The predicted molar refractivity (Wildman–Crippen MR) is 73.7 cm³/mol. The van der Waals surface area contributed by atoms with Crippen LogP contribution in [-0.2, 0) is 16.0 Å². The van der Waals surface area contributed by atoms with Crippen molar-refractivity contribution in [3.05, 3.63) is 35.4 Å². The summed E-state index contributed by atoms with van der Waals surface area (Å²) in [4.78, 5) is 23.6. The first kappa shape index (κ1) is 14.6. The van der Waals surface area contributed by atoms with Crippen LogP contribution in [0.25, 0.3) is 0 Å². The lowest BCUT2D eigenvalue weighted by Crippen LogP contribution is -2.29. The van der Waals surface area contributed by atoms with Gasteiger partial charge in [-0.15, -0.1) is 0 Å². The van der Waals surface area contributed by atoms with Crippen LogP contribution in [0.3, 0.4) is 0 Å². The Morgan fingerprint density at radius 1 is 1.06 bits per heavy atom. The van der Waals surface area contributed by atoms with Crippen molar-refractivity contribution in [2.45, 2.75) is 47.0 Å². The van der Waals surface area contributed by atoms with Gasteiger partial charge in [-0.25, -0.2) is 0 Å². The summed E-state index contributed by atoms with van der Waals surface area (Å²) in [5.74, 6) is -0.124. The summed E-state index contributed by atoms with van der Waals surface area (Å²) in [5.41, 5.74) is 1.56. The van der Waals surface area contributed by atoms with E-state index in [0.717, 1.165) is 5.56 Å². The molecule has 18 heavy (non-hydrogen) atoms. The Kier molecular flexibility index (Phi) is 4.44. The minimum Gasteiger partial charge on any atom is -0.290 e. The largest absolute Gasteiger partial charge is 0.290 e. The molecule has 0 aliphatic rings. The Hall–Kier alpha value is -1.44. The number of Topliss-reactive ketones (excluding diaryl/α,β-unsaturated/α-hetero) is 2. The van der Waals surface area contributed by atoms with E-state index in [1.807, 2.05) is 24.3 Å². The molecule has 0 bridgehead atoms. The van der Waals surface area contributed by atoms with E-state index in [1.165, 1.54) is 5.56 Å². The van der Waals surface area contributed by atoms with Gasteiger partial charge in [0.25, 0.3) is 0 Å². The molecule has 1 rings (SSSR count). The van der Waals surface area contributed by atoms with Crippen LogP contribution in [0.15, 0.2) is 24.3 Å². The van der Waals surface area contributed by atoms with Crippen LogP contribution >= 0.6 is 0 Å². The van der Waals surface area contributed by atoms with Gasteiger partial charge >= 0.3 is 0 Å². The highest BCUT2D eigenvalue weighted by Gasteiger charge is 2.27. The number of ketones is 2. The highest BCUT2D eigenvalue weighted by molar-refractivity contribution is 6.39. The minimum atomic E-state index is -0.588. The van der Waals surface area contributed by atoms with Gasteiger partial charge in [-0.3, -0.25) is 9.59 Å². The molecular weight excluding hydrogens is 224 g/mol. The summed E-state index contributed by atoms with van der Waals surface area (Å²) >= 11 is 0. The predicted octanol–water partition coefficient (Wildman–Crippen LogP) is 3.54. The Bertz CT molecular complexity index is 433. The minimum absolute atomic E-state index is 0.203. The molecule has 0 saturated carbocycles. The van der Waals surface area contributed by atoms with Gasteiger partial charge < -0.3 is 0 Å². The maximum absolute atomic E-state index is 11.8. The van der Waals surface area contributed by atoms with E-state index in [9.17, 15) is 9.59 Å². The molecule has 0 fully saturated rings. The summed E-state index contributed by atoms with van der Waals surface area (Å²) in [6, 6.07) is 7.91. The maximum atomic E-state index is 11.8. The zero-order valence-corrected chi connectivity index (χ0v) is 11.9. The van der Waals surface area contributed by atoms with Crippen molar-refractivity contribution < 1.29 is 9.59 Å². The number of hydrogen-bond acceptors (Lipinski definition) is 2. The smallest absolute Gasteiger partial charge is 0.204 e. The average Bonchev–Trinajstić information content (AvgIpc) is 2.27. The number of carbonyl (C=O) groups is 2. The maximum Gasteiger partial charge on any atom is 0.204 e. The second-order valence-corrected chi connectivity index (χ2v) is 6.08. The molecule has 0 aliphatic heterocycles. The first-order valence-electron chi connectivity index (χ1n) is 6.38. The standard InChI is InChI=1S/C16H22O2/c1-11(2)13-8-6-12(7-9-13)10-14(17)15(18)16(3,4)5/h6-9,11H,10H2,1-5H3. The van der Waals surface area contributed by atoms with Crippen molar-refractivity contribution in [2.75, 3.05) is 0 Å². The van der Waals surface area contributed by atoms with Gasteiger partial charge in [0, 0.05) is 11.8 Å². The molecule has 2 heteroatoms. The van der Waals surface area contributed by atoms with Gasteiger partial charge in [0.1, 0.15) is 0 Å². The first-order chi connectivity index (χ1) is 8.21. The average molecular weight is 246 g/mol. The molecule has 0 amide bonds. The molecule has 0 heterocycles. The van der Waals surface area contributed by atoms with E-state index in [2.05, 4.69) is 13.8 Å². The molecule has 0 saturated heterocycles. The molecule has 0 aromatic heterocycles. The summed E-state index contributed by atoms with van der Waals surface area (Å²) in [6.07, 6.45) is 0.203. The zero-order chi connectivity index (χ0) is 13.9. The third-order valence-electron chi connectivity index (χ3n) is 2.95. The highest BCUT2D eigenvalue weighted by Crippen LogP contribution is 2.18. The molecule has 1 aromatic carbocycles. The van der Waals surface area contributed by atoms with Crippen LogP contribution in [0.1, 0.15) is 51.7 Å². The van der Waals surface area contributed by atoms with E-state index < -0.39 is 5.41 Å². The lowest BCUT2D eigenvalue weighted by molar-refractivity contribution is -0.140. The molecule has 1 aromatic rings. The molecule has 0 aliphatic carbocycles. The van der Waals surface area contributed by atoms with Gasteiger partial charge in [-0.05, 0) is 17.0 Å². The van der Waals surface area contributed by atoms with Crippen molar-refractivity contribution in [2.24, 2.45) is 5.41 Å². The highest BCUT2D eigenvalue weighted by atomic mass is 16.2. The van der Waals surface area contributed by atoms with Crippen molar-refractivity contribution in [1.29, 1.82) is 0 Å².